The Bertz CT molecular complexity index is 1480. The second kappa shape index (κ2) is 13.7. The van der Waals surface area contributed by atoms with Gasteiger partial charge in [0.15, 0.2) is 11.0 Å². The number of benzene rings is 2. The summed E-state index contributed by atoms with van der Waals surface area (Å²) in [5.74, 6) is 1.94. The Morgan fingerprint density at radius 3 is 2.54 bits per heavy atom. The monoisotopic (exact) mass is 591 g/mol. The number of nitrogens with one attached hydrogen (secondary N) is 2. The largest absolute Gasteiger partial charge is 0.497 e. The van der Waals surface area contributed by atoms with E-state index in [2.05, 4.69) is 20.8 Å². The van der Waals surface area contributed by atoms with Gasteiger partial charge < -0.3 is 24.7 Å². The lowest BCUT2D eigenvalue weighted by molar-refractivity contribution is -0.113. The number of aromatic nitrogens is 3. The van der Waals surface area contributed by atoms with Crippen LogP contribution in [0.4, 0.5) is 5.00 Å². The fourth-order valence-corrected chi connectivity index (χ4v) is 6.85. The molecule has 11 heteroatoms. The van der Waals surface area contributed by atoms with Crippen LogP contribution in [0.25, 0.3) is 0 Å². The van der Waals surface area contributed by atoms with E-state index in [-0.39, 0.29) is 24.2 Å². The molecule has 2 N–H and O–H groups in total. The molecule has 2 aromatic heterocycles. The van der Waals surface area contributed by atoms with Gasteiger partial charge in [0.2, 0.25) is 5.91 Å². The van der Waals surface area contributed by atoms with Crippen molar-refractivity contribution < 1.29 is 19.1 Å². The molecule has 0 radical (unpaired) electrons. The highest BCUT2D eigenvalue weighted by atomic mass is 32.2. The normalized spacial score (nSPS) is 12.4. The van der Waals surface area contributed by atoms with Crippen LogP contribution < -0.4 is 20.1 Å². The van der Waals surface area contributed by atoms with Crippen molar-refractivity contribution >= 4 is 39.9 Å². The second-order valence-corrected chi connectivity index (χ2v) is 11.6. The summed E-state index contributed by atoms with van der Waals surface area (Å²) >= 11 is 2.83. The molecule has 2 heterocycles. The van der Waals surface area contributed by atoms with E-state index in [1.54, 1.807) is 7.11 Å². The number of fused-ring (bicyclic) bond motifs is 1. The van der Waals surface area contributed by atoms with E-state index in [4.69, 9.17) is 9.47 Å². The Kier molecular flexibility index (Phi) is 9.58. The highest BCUT2D eigenvalue weighted by molar-refractivity contribution is 7.99. The first-order chi connectivity index (χ1) is 20.1. The minimum atomic E-state index is -0.188. The summed E-state index contributed by atoms with van der Waals surface area (Å²) < 4.78 is 13.0. The number of rotatable bonds is 12. The molecule has 0 unspecified atom stereocenters. The van der Waals surface area contributed by atoms with Crippen molar-refractivity contribution in [3.05, 3.63) is 82.0 Å². The highest BCUT2D eigenvalue weighted by Crippen LogP contribution is 2.38. The van der Waals surface area contributed by atoms with Gasteiger partial charge in [-0.25, -0.2) is 0 Å². The van der Waals surface area contributed by atoms with Crippen molar-refractivity contribution in [2.24, 2.45) is 0 Å². The summed E-state index contributed by atoms with van der Waals surface area (Å²) in [6.45, 7) is 3.33. The zero-order chi connectivity index (χ0) is 28.6. The third-order valence-corrected chi connectivity index (χ3v) is 8.99. The van der Waals surface area contributed by atoms with Gasteiger partial charge in [-0.2, -0.15) is 0 Å². The summed E-state index contributed by atoms with van der Waals surface area (Å²) in [7, 11) is 1.62. The Hall–Kier alpha value is -3.83. The van der Waals surface area contributed by atoms with Crippen LogP contribution in [0.3, 0.4) is 0 Å². The van der Waals surface area contributed by atoms with Crippen LogP contribution in [-0.4, -0.2) is 39.4 Å². The number of thioether (sulfide) groups is 1. The zero-order valence-electron chi connectivity index (χ0n) is 23.1. The molecule has 2 amide bonds. The van der Waals surface area contributed by atoms with Gasteiger partial charge in [-0.1, -0.05) is 42.1 Å². The molecule has 214 valence electrons. The number of ether oxygens (including phenoxy) is 2. The molecule has 0 spiro atoms. The van der Waals surface area contributed by atoms with E-state index in [0.717, 1.165) is 42.6 Å². The molecule has 5 rings (SSSR count). The zero-order valence-corrected chi connectivity index (χ0v) is 24.8. The van der Waals surface area contributed by atoms with Crippen molar-refractivity contribution in [3.8, 4) is 11.5 Å². The average molecular weight is 592 g/mol. The molecule has 0 atom stereocenters. The maximum Gasteiger partial charge on any atom is 0.254 e. The molecule has 9 nitrogen and oxygen atoms in total. The number of anilines is 1. The van der Waals surface area contributed by atoms with Gasteiger partial charge in [-0.15, -0.1) is 21.5 Å². The molecule has 2 aromatic carbocycles. The Morgan fingerprint density at radius 1 is 1.02 bits per heavy atom. The minimum Gasteiger partial charge on any atom is -0.497 e. The van der Waals surface area contributed by atoms with Gasteiger partial charge in [0.05, 0.1) is 18.4 Å². The number of methoxy groups -OCH3 is 1. The number of carbonyl (C=O) groups is 2. The van der Waals surface area contributed by atoms with Gasteiger partial charge in [0.1, 0.15) is 23.1 Å². The molecule has 1 aliphatic rings. The fourth-order valence-electron chi connectivity index (χ4n) is 4.72. The van der Waals surface area contributed by atoms with E-state index >= 15 is 0 Å². The Balaban J connectivity index is 1.21. The first-order valence-corrected chi connectivity index (χ1v) is 15.4. The first-order valence-electron chi connectivity index (χ1n) is 13.6. The molecule has 41 heavy (non-hydrogen) atoms. The SMILES string of the molecule is CCn1c(COc2ccc(OC)cc2)nnc1SCC(=O)Nc1sc2c(c1C(=O)NCc1ccccc1)CCCC2. The van der Waals surface area contributed by atoms with Gasteiger partial charge in [0, 0.05) is 18.0 Å². The molecule has 4 aromatic rings. The number of hydrogen-bond donors (Lipinski definition) is 2. The lowest BCUT2D eigenvalue weighted by atomic mass is 9.95. The third kappa shape index (κ3) is 7.09. The summed E-state index contributed by atoms with van der Waals surface area (Å²) in [6, 6.07) is 17.2. The van der Waals surface area contributed by atoms with E-state index in [1.165, 1.54) is 28.0 Å². The smallest absolute Gasteiger partial charge is 0.254 e. The van der Waals surface area contributed by atoms with Gasteiger partial charge >= 0.3 is 0 Å². The Morgan fingerprint density at radius 2 is 1.78 bits per heavy atom. The number of hydrogen-bond acceptors (Lipinski definition) is 8. The number of nitrogens with zero attached hydrogens (tertiary/aromatic N) is 3. The van der Waals surface area contributed by atoms with Crippen LogP contribution in [-0.2, 0) is 37.3 Å². The summed E-state index contributed by atoms with van der Waals surface area (Å²) in [4.78, 5) is 27.6. The third-order valence-electron chi connectivity index (χ3n) is 6.82. The number of carbonyl (C=O) groups excluding carboxylic acids is 2. The summed E-state index contributed by atoms with van der Waals surface area (Å²) in [5.41, 5.74) is 2.71. The predicted molar refractivity (Wildman–Crippen MR) is 161 cm³/mol. The van der Waals surface area contributed by atoms with Crippen LogP contribution in [0.1, 0.15) is 52.0 Å². The van der Waals surface area contributed by atoms with Crippen molar-refractivity contribution in [2.45, 2.75) is 57.5 Å². The van der Waals surface area contributed by atoms with E-state index in [1.807, 2.05) is 66.1 Å². The minimum absolute atomic E-state index is 0.144. The average Bonchev–Trinajstić information content (AvgIpc) is 3.58. The van der Waals surface area contributed by atoms with Crippen LogP contribution in [0.15, 0.2) is 59.8 Å². The van der Waals surface area contributed by atoms with Crippen LogP contribution in [0, 0.1) is 0 Å². The van der Waals surface area contributed by atoms with Gasteiger partial charge in [-0.05, 0) is 68.0 Å². The lowest BCUT2D eigenvalue weighted by Crippen LogP contribution is -2.25. The molecule has 0 saturated heterocycles. The molecule has 0 saturated carbocycles. The molecule has 0 bridgehead atoms. The number of amides is 2. The van der Waals surface area contributed by atoms with Gasteiger partial charge in [0.25, 0.3) is 5.91 Å². The topological polar surface area (TPSA) is 107 Å². The molecule has 0 aliphatic heterocycles. The fraction of sp³-hybridized carbons (Fsp3) is 0.333. The van der Waals surface area contributed by atoms with Crippen LogP contribution in [0.5, 0.6) is 11.5 Å². The standard InChI is InChI=1S/C30H33N5O4S2/c1-3-35-25(18-39-22-15-13-21(38-2)14-16-22)33-34-30(35)40-19-26(36)32-29-27(23-11-7-8-12-24(23)41-29)28(37)31-17-20-9-5-4-6-10-20/h4-6,9-10,13-16H,3,7-8,11-12,17-19H2,1-2H3,(H,31,37)(H,32,36). The molecule has 1 aliphatic carbocycles. The van der Waals surface area contributed by atoms with Crippen molar-refractivity contribution in [3.63, 3.8) is 0 Å². The van der Waals surface area contributed by atoms with Crippen LogP contribution in [0.2, 0.25) is 0 Å². The van der Waals surface area contributed by atoms with E-state index < -0.39 is 0 Å². The predicted octanol–water partition coefficient (Wildman–Crippen LogP) is 5.49. The van der Waals surface area contributed by atoms with E-state index in [0.29, 0.717) is 40.4 Å². The van der Waals surface area contributed by atoms with E-state index in [9.17, 15) is 9.59 Å². The molecular weight excluding hydrogens is 558 g/mol. The second-order valence-electron chi connectivity index (χ2n) is 9.53. The molecule has 0 fully saturated rings. The first kappa shape index (κ1) is 28.7. The maximum atomic E-state index is 13.3. The highest BCUT2D eigenvalue weighted by Gasteiger charge is 2.26. The molecular formula is C30H33N5O4S2. The summed E-state index contributed by atoms with van der Waals surface area (Å²) in [6.07, 6.45) is 3.93. The Labute approximate surface area is 247 Å². The van der Waals surface area contributed by atoms with Crippen molar-refractivity contribution in [1.29, 1.82) is 0 Å². The van der Waals surface area contributed by atoms with Crippen molar-refractivity contribution in [2.75, 3.05) is 18.2 Å². The van der Waals surface area contributed by atoms with Crippen molar-refractivity contribution in [1.82, 2.24) is 20.1 Å². The quantitative estimate of drug-likeness (QED) is 0.210. The van der Waals surface area contributed by atoms with Crippen LogP contribution >= 0.6 is 23.1 Å². The maximum absolute atomic E-state index is 13.3. The number of thiophene rings is 1. The van der Waals surface area contributed by atoms with Gasteiger partial charge in [-0.3, -0.25) is 9.59 Å². The summed E-state index contributed by atoms with van der Waals surface area (Å²) in [5, 5.41) is 15.9. The number of aryl methyl sites for hydroxylation is 1. The lowest BCUT2D eigenvalue weighted by Gasteiger charge is -2.13.